The molecule has 2 fully saturated rings. The van der Waals surface area contributed by atoms with Crippen LogP contribution < -0.4 is 33.1 Å². The highest BCUT2D eigenvalue weighted by atomic mass is 35.5. The van der Waals surface area contributed by atoms with E-state index in [1.165, 1.54) is 16.8 Å². The number of amides is 4. The second-order valence-corrected chi connectivity index (χ2v) is 9.83. The van der Waals surface area contributed by atoms with Gasteiger partial charge in [-0.25, -0.2) is 9.59 Å². The van der Waals surface area contributed by atoms with Gasteiger partial charge in [-0.15, -0.1) is 12.4 Å². The zero-order valence-electron chi connectivity index (χ0n) is 21.3. The number of carbonyl (C=O) groups excluding carboxylic acids is 3. The van der Waals surface area contributed by atoms with E-state index >= 15 is 0 Å². The third-order valence-electron chi connectivity index (χ3n) is 6.38. The fourth-order valence-corrected chi connectivity index (χ4v) is 4.05. The number of carbonyl (C=O) groups is 3. The number of hydrogen-bond donors (Lipinski definition) is 5. The molecule has 0 bridgehead atoms. The number of nitrogens with zero attached hydrogens (tertiary/aromatic N) is 4. The van der Waals surface area contributed by atoms with Crippen LogP contribution >= 0.6 is 12.4 Å². The first-order valence-electron chi connectivity index (χ1n) is 12.1. The van der Waals surface area contributed by atoms with Crippen molar-refractivity contribution in [3.8, 4) is 5.69 Å². The summed E-state index contributed by atoms with van der Waals surface area (Å²) in [6.45, 7) is 6.20. The van der Waals surface area contributed by atoms with Crippen molar-refractivity contribution in [2.75, 3.05) is 44.6 Å². The van der Waals surface area contributed by atoms with Crippen LogP contribution in [0.3, 0.4) is 0 Å². The van der Waals surface area contributed by atoms with E-state index in [4.69, 9.17) is 11.5 Å². The number of benzene rings is 1. The van der Waals surface area contributed by atoms with Gasteiger partial charge in [0.1, 0.15) is 11.9 Å². The predicted octanol–water partition coefficient (Wildman–Crippen LogP) is -0.844. The predicted molar refractivity (Wildman–Crippen MR) is 144 cm³/mol. The van der Waals surface area contributed by atoms with Gasteiger partial charge in [-0.2, -0.15) is 4.98 Å². The quantitative estimate of drug-likeness (QED) is 0.310. The van der Waals surface area contributed by atoms with E-state index in [9.17, 15) is 19.2 Å². The van der Waals surface area contributed by atoms with Gasteiger partial charge in [-0.1, -0.05) is 12.1 Å². The first-order chi connectivity index (χ1) is 17.5. The summed E-state index contributed by atoms with van der Waals surface area (Å²) in [6.07, 6.45) is 1.51. The van der Waals surface area contributed by atoms with Crippen molar-refractivity contribution in [2.24, 2.45) is 11.5 Å². The number of urea groups is 1. The zero-order valence-corrected chi connectivity index (χ0v) is 22.2. The van der Waals surface area contributed by atoms with Gasteiger partial charge in [0.25, 0.3) is 0 Å². The molecule has 3 heterocycles. The fourth-order valence-electron chi connectivity index (χ4n) is 4.05. The Balaban J connectivity index is 0.00000400. The maximum atomic E-state index is 12.6. The molecule has 2 saturated heterocycles. The minimum absolute atomic E-state index is 0. The molecule has 1 unspecified atom stereocenters. The Morgan fingerprint density at radius 1 is 1.05 bits per heavy atom. The Bertz CT molecular complexity index is 1220. The van der Waals surface area contributed by atoms with Crippen LogP contribution in [0.15, 0.2) is 41.3 Å². The lowest BCUT2D eigenvalue weighted by atomic mass is 10.1. The minimum Gasteiger partial charge on any atom is -0.349 e. The number of nitrogens with one attached hydrogen (secondary N) is 3. The second kappa shape index (κ2) is 11.9. The molecule has 0 aliphatic carbocycles. The van der Waals surface area contributed by atoms with Crippen LogP contribution in [0.1, 0.15) is 25.5 Å². The third-order valence-corrected chi connectivity index (χ3v) is 6.38. The second-order valence-electron chi connectivity index (χ2n) is 9.83. The Morgan fingerprint density at radius 2 is 1.66 bits per heavy atom. The van der Waals surface area contributed by atoms with Crippen molar-refractivity contribution in [1.82, 2.24) is 30.0 Å². The van der Waals surface area contributed by atoms with Crippen LogP contribution in [0.25, 0.3) is 5.69 Å². The Kier molecular flexibility index (Phi) is 9.09. The highest BCUT2D eigenvalue weighted by Gasteiger charge is 2.31. The van der Waals surface area contributed by atoms with Crippen molar-refractivity contribution in [1.29, 1.82) is 0 Å². The molecule has 4 amide bonds. The van der Waals surface area contributed by atoms with Gasteiger partial charge in [0.05, 0.1) is 17.3 Å². The van der Waals surface area contributed by atoms with E-state index in [2.05, 4.69) is 20.9 Å². The number of anilines is 1. The van der Waals surface area contributed by atoms with Gasteiger partial charge in [-0.05, 0) is 37.6 Å². The summed E-state index contributed by atoms with van der Waals surface area (Å²) in [5, 5.41) is 8.59. The molecule has 2 aromatic rings. The SMILES string of the molecule is CC(C)(N)C(=O)N1CCN(C(=O)Nc2ccn(-c3ccc(C(N)C(=O)NC4CNC4)cc3)c(=O)n2)CC1.Cl. The van der Waals surface area contributed by atoms with Crippen molar-refractivity contribution in [3.05, 3.63) is 52.6 Å². The largest absolute Gasteiger partial charge is 0.354 e. The third kappa shape index (κ3) is 6.67. The first kappa shape index (κ1) is 29.0. The molecule has 2 aliphatic rings. The monoisotopic (exact) mass is 547 g/mol. The number of rotatable bonds is 6. The summed E-state index contributed by atoms with van der Waals surface area (Å²) in [4.78, 5) is 57.0. The highest BCUT2D eigenvalue weighted by molar-refractivity contribution is 5.89. The molecule has 0 spiro atoms. The Hall–Kier alpha value is -3.52. The van der Waals surface area contributed by atoms with Crippen LogP contribution in [0.5, 0.6) is 0 Å². The fraction of sp³-hybridized carbons (Fsp3) is 0.458. The van der Waals surface area contributed by atoms with Gasteiger partial charge in [-0.3, -0.25) is 19.5 Å². The lowest BCUT2D eigenvalue weighted by molar-refractivity contribution is -0.137. The number of aromatic nitrogens is 2. The minimum atomic E-state index is -0.966. The number of halogens is 1. The smallest absolute Gasteiger partial charge is 0.349 e. The molecule has 0 radical (unpaired) electrons. The van der Waals surface area contributed by atoms with E-state index < -0.39 is 23.3 Å². The molecule has 1 aromatic carbocycles. The molecular formula is C24H34ClN9O4. The number of hydrogen-bond acceptors (Lipinski definition) is 8. The average molecular weight is 548 g/mol. The van der Waals surface area contributed by atoms with E-state index in [0.717, 1.165) is 13.1 Å². The Labute approximate surface area is 226 Å². The molecular weight excluding hydrogens is 514 g/mol. The molecule has 14 heteroatoms. The zero-order chi connectivity index (χ0) is 26.7. The molecule has 4 rings (SSSR count). The summed E-state index contributed by atoms with van der Waals surface area (Å²) in [5.74, 6) is -0.301. The normalized spacial score (nSPS) is 16.6. The van der Waals surface area contributed by atoms with Crippen molar-refractivity contribution < 1.29 is 14.4 Å². The van der Waals surface area contributed by atoms with Crippen LogP contribution in [-0.2, 0) is 9.59 Å². The number of piperazine rings is 1. The summed E-state index contributed by atoms with van der Waals surface area (Å²) in [7, 11) is 0. The van der Waals surface area contributed by atoms with E-state index in [-0.39, 0.29) is 36.1 Å². The van der Waals surface area contributed by atoms with Gasteiger partial charge in [0.2, 0.25) is 11.8 Å². The molecule has 7 N–H and O–H groups in total. The van der Waals surface area contributed by atoms with Crippen LogP contribution in [0.4, 0.5) is 10.6 Å². The van der Waals surface area contributed by atoms with Gasteiger partial charge < -0.3 is 31.9 Å². The van der Waals surface area contributed by atoms with Gasteiger partial charge in [0, 0.05) is 45.5 Å². The first-order valence-corrected chi connectivity index (χ1v) is 12.1. The maximum Gasteiger partial charge on any atom is 0.354 e. The van der Waals surface area contributed by atoms with Crippen LogP contribution in [0, 0.1) is 0 Å². The van der Waals surface area contributed by atoms with Gasteiger partial charge in [0.15, 0.2) is 0 Å². The summed E-state index contributed by atoms with van der Waals surface area (Å²) in [5.41, 5.74) is 11.6. The highest BCUT2D eigenvalue weighted by Crippen LogP contribution is 2.15. The van der Waals surface area contributed by atoms with Crippen molar-refractivity contribution in [3.63, 3.8) is 0 Å². The van der Waals surface area contributed by atoms with E-state index in [1.54, 1.807) is 47.9 Å². The standard InChI is InChI=1S/C24H33N9O4.ClH/c1-24(2,26)21(35)31-9-11-32(12-10-31)22(36)29-18-7-8-33(23(37)30-18)17-5-3-15(4-6-17)19(25)20(34)28-16-13-27-14-16;/h3-8,16,19,27H,9-14,25-26H2,1-2H3,(H,28,34)(H,29,30,36,37);1H. The molecule has 206 valence electrons. The molecule has 2 aliphatic heterocycles. The van der Waals surface area contributed by atoms with Crippen molar-refractivity contribution >= 4 is 36.1 Å². The van der Waals surface area contributed by atoms with Crippen LogP contribution in [0.2, 0.25) is 0 Å². The summed E-state index contributed by atoms with van der Waals surface area (Å²) < 4.78 is 1.32. The average Bonchev–Trinajstić information content (AvgIpc) is 2.85. The van der Waals surface area contributed by atoms with E-state index in [0.29, 0.717) is 37.4 Å². The molecule has 0 saturated carbocycles. The summed E-state index contributed by atoms with van der Waals surface area (Å²) >= 11 is 0. The Morgan fingerprint density at radius 3 is 2.18 bits per heavy atom. The topological polar surface area (TPSA) is 181 Å². The van der Waals surface area contributed by atoms with Crippen molar-refractivity contribution in [2.45, 2.75) is 31.5 Å². The molecule has 13 nitrogen and oxygen atoms in total. The summed E-state index contributed by atoms with van der Waals surface area (Å²) in [6, 6.07) is 7.14. The molecule has 1 aromatic heterocycles. The van der Waals surface area contributed by atoms with Crippen LogP contribution in [-0.4, -0.2) is 88.0 Å². The molecule has 38 heavy (non-hydrogen) atoms. The van der Waals surface area contributed by atoms with E-state index in [1.807, 2.05) is 0 Å². The lowest BCUT2D eigenvalue weighted by Gasteiger charge is -2.37. The maximum absolute atomic E-state index is 12.6. The lowest BCUT2D eigenvalue weighted by Crippen LogP contribution is -2.58. The van der Waals surface area contributed by atoms with Gasteiger partial charge >= 0.3 is 11.7 Å². The molecule has 1 atom stereocenters. The number of nitrogens with two attached hydrogens (primary N) is 2.